The molecule has 0 aromatic carbocycles. The molecular weight excluding hydrogens is 194 g/mol. The van der Waals surface area contributed by atoms with Crippen LogP contribution in [0, 0.1) is 17.3 Å². The predicted molar refractivity (Wildman–Crippen MR) is 61.6 cm³/mol. The number of rotatable bonds is 0. The average molecular weight is 216 g/mol. The Morgan fingerprint density at radius 1 is 1.00 bits per heavy atom. The average Bonchev–Trinajstić information content (AvgIpc) is 2.73. The third kappa shape index (κ3) is 1.25. The van der Waals surface area contributed by atoms with Crippen molar-refractivity contribution in [1.29, 1.82) is 0 Å². The summed E-state index contributed by atoms with van der Waals surface area (Å²) < 4.78 is 0. The van der Waals surface area contributed by atoms with Crippen LogP contribution in [0.5, 0.6) is 0 Å². The Kier molecular flexibility index (Phi) is 2.83. The summed E-state index contributed by atoms with van der Waals surface area (Å²) in [6.07, 6.45) is 11.7. The summed E-state index contributed by atoms with van der Waals surface area (Å²) in [6, 6.07) is 0.576. The van der Waals surface area contributed by atoms with Crippen LogP contribution >= 0.6 is 12.4 Å². The maximum atomic E-state index is 6.43. The second-order valence-corrected chi connectivity index (χ2v) is 5.59. The van der Waals surface area contributed by atoms with Gasteiger partial charge < -0.3 is 5.73 Å². The zero-order chi connectivity index (χ0) is 8.89. The van der Waals surface area contributed by atoms with Crippen molar-refractivity contribution < 1.29 is 0 Å². The van der Waals surface area contributed by atoms with E-state index in [2.05, 4.69) is 0 Å². The number of hydrogen-bond acceptors (Lipinski definition) is 1. The molecule has 0 unspecified atom stereocenters. The van der Waals surface area contributed by atoms with E-state index in [1.165, 1.54) is 51.4 Å². The first-order valence-electron chi connectivity index (χ1n) is 6.08. The lowest BCUT2D eigenvalue weighted by atomic mass is 9.62. The fourth-order valence-electron chi connectivity index (χ4n) is 4.56. The van der Waals surface area contributed by atoms with Crippen molar-refractivity contribution in [3.63, 3.8) is 0 Å². The molecule has 1 spiro atoms. The van der Waals surface area contributed by atoms with Gasteiger partial charge >= 0.3 is 0 Å². The van der Waals surface area contributed by atoms with E-state index >= 15 is 0 Å². The molecule has 2 N–H and O–H groups in total. The number of hydrogen-bond donors (Lipinski definition) is 1. The van der Waals surface area contributed by atoms with Crippen LogP contribution in [-0.4, -0.2) is 6.04 Å². The van der Waals surface area contributed by atoms with Crippen molar-refractivity contribution in [2.24, 2.45) is 23.0 Å². The van der Waals surface area contributed by atoms with Gasteiger partial charge in [-0.05, 0) is 49.4 Å². The fourth-order valence-corrected chi connectivity index (χ4v) is 4.56. The normalized spacial score (nSPS) is 43.9. The van der Waals surface area contributed by atoms with Gasteiger partial charge in [-0.3, -0.25) is 0 Å². The van der Waals surface area contributed by atoms with Crippen LogP contribution in [0.1, 0.15) is 51.4 Å². The molecule has 3 saturated carbocycles. The molecular formula is C12H22ClN. The van der Waals surface area contributed by atoms with E-state index in [-0.39, 0.29) is 12.4 Å². The van der Waals surface area contributed by atoms with Gasteiger partial charge in [-0.1, -0.05) is 19.3 Å². The minimum atomic E-state index is 0. The van der Waals surface area contributed by atoms with Crippen LogP contribution < -0.4 is 5.73 Å². The van der Waals surface area contributed by atoms with Crippen LogP contribution in [0.4, 0.5) is 0 Å². The number of fused-ring (bicyclic) bond motifs is 3. The van der Waals surface area contributed by atoms with E-state index < -0.39 is 0 Å². The van der Waals surface area contributed by atoms with Crippen LogP contribution in [0.15, 0.2) is 0 Å². The first-order valence-corrected chi connectivity index (χ1v) is 6.08. The molecule has 3 fully saturated rings. The lowest BCUT2D eigenvalue weighted by Gasteiger charge is -2.45. The molecule has 14 heavy (non-hydrogen) atoms. The molecule has 0 amide bonds. The second kappa shape index (κ2) is 3.68. The molecule has 3 rings (SSSR count). The van der Waals surface area contributed by atoms with E-state index in [4.69, 9.17) is 5.73 Å². The summed E-state index contributed by atoms with van der Waals surface area (Å²) in [5.41, 5.74) is 7.06. The highest BCUT2D eigenvalue weighted by Crippen LogP contribution is 2.60. The Morgan fingerprint density at radius 3 is 2.29 bits per heavy atom. The molecule has 82 valence electrons. The molecule has 2 heteroatoms. The minimum absolute atomic E-state index is 0. The summed E-state index contributed by atoms with van der Waals surface area (Å²) >= 11 is 0. The Hall–Kier alpha value is 0.250. The van der Waals surface area contributed by atoms with Crippen LogP contribution in [0.25, 0.3) is 0 Å². The lowest BCUT2D eigenvalue weighted by molar-refractivity contribution is 0.0779. The van der Waals surface area contributed by atoms with Gasteiger partial charge in [-0.25, -0.2) is 0 Å². The van der Waals surface area contributed by atoms with Gasteiger partial charge in [0.1, 0.15) is 0 Å². The molecule has 0 aromatic heterocycles. The van der Waals surface area contributed by atoms with Crippen molar-refractivity contribution in [3.8, 4) is 0 Å². The van der Waals surface area contributed by atoms with Gasteiger partial charge in [-0.15, -0.1) is 12.4 Å². The molecule has 3 aliphatic carbocycles. The predicted octanol–water partition coefficient (Wildman–Crippen LogP) is 3.12. The summed E-state index contributed by atoms with van der Waals surface area (Å²) in [5.74, 6) is 1.93. The molecule has 0 saturated heterocycles. The quantitative estimate of drug-likeness (QED) is 0.660. The van der Waals surface area contributed by atoms with E-state index in [1.807, 2.05) is 0 Å². The Bertz CT molecular complexity index is 206. The van der Waals surface area contributed by atoms with E-state index in [9.17, 15) is 0 Å². The molecule has 0 aromatic rings. The molecule has 3 atom stereocenters. The van der Waals surface area contributed by atoms with Crippen LogP contribution in [-0.2, 0) is 0 Å². The lowest BCUT2D eigenvalue weighted by Crippen LogP contribution is -2.47. The molecule has 0 radical (unpaired) electrons. The maximum Gasteiger partial charge on any atom is 0.0127 e. The second-order valence-electron chi connectivity index (χ2n) is 5.59. The summed E-state index contributed by atoms with van der Waals surface area (Å²) in [6.45, 7) is 0. The van der Waals surface area contributed by atoms with Gasteiger partial charge in [0.15, 0.2) is 0 Å². The molecule has 0 heterocycles. The Morgan fingerprint density at radius 2 is 1.71 bits per heavy atom. The van der Waals surface area contributed by atoms with Crippen molar-refractivity contribution in [2.45, 2.75) is 57.4 Å². The molecule has 0 aliphatic heterocycles. The van der Waals surface area contributed by atoms with E-state index in [0.717, 1.165) is 11.8 Å². The molecule has 3 aliphatic rings. The van der Waals surface area contributed by atoms with Gasteiger partial charge in [-0.2, -0.15) is 0 Å². The zero-order valence-corrected chi connectivity index (χ0v) is 9.69. The van der Waals surface area contributed by atoms with Crippen molar-refractivity contribution in [2.75, 3.05) is 0 Å². The van der Waals surface area contributed by atoms with Crippen molar-refractivity contribution in [1.82, 2.24) is 0 Å². The summed E-state index contributed by atoms with van der Waals surface area (Å²) in [5, 5.41) is 0. The first-order chi connectivity index (χ1) is 6.33. The maximum absolute atomic E-state index is 6.43. The molecule has 2 bridgehead atoms. The largest absolute Gasteiger partial charge is 0.327 e. The van der Waals surface area contributed by atoms with Gasteiger partial charge in [0.2, 0.25) is 0 Å². The van der Waals surface area contributed by atoms with Crippen molar-refractivity contribution >= 4 is 12.4 Å². The highest BCUT2D eigenvalue weighted by Gasteiger charge is 2.55. The van der Waals surface area contributed by atoms with Crippen LogP contribution in [0.3, 0.4) is 0 Å². The van der Waals surface area contributed by atoms with E-state index in [0.29, 0.717) is 11.5 Å². The van der Waals surface area contributed by atoms with Gasteiger partial charge in [0.25, 0.3) is 0 Å². The molecule has 1 nitrogen and oxygen atoms in total. The third-order valence-corrected chi connectivity index (χ3v) is 5.24. The van der Waals surface area contributed by atoms with Gasteiger partial charge in [0.05, 0.1) is 0 Å². The van der Waals surface area contributed by atoms with Crippen molar-refractivity contribution in [3.05, 3.63) is 0 Å². The highest BCUT2D eigenvalue weighted by atomic mass is 35.5. The SMILES string of the molecule is Cl.N[C@@H]1[C@@H]2CC[C@@H](C2)C12CCCCC2. The van der Waals surface area contributed by atoms with Gasteiger partial charge in [0, 0.05) is 6.04 Å². The first kappa shape index (κ1) is 10.8. The summed E-state index contributed by atoms with van der Waals surface area (Å²) in [4.78, 5) is 0. The topological polar surface area (TPSA) is 26.0 Å². The van der Waals surface area contributed by atoms with Crippen LogP contribution in [0.2, 0.25) is 0 Å². The standard InChI is InChI=1S/C12H21N.ClH/c13-11-9-4-5-10(8-9)12(11)6-2-1-3-7-12;/h9-11H,1-8,13H2;1H/t9-,10+,11-;/m1./s1. The third-order valence-electron chi connectivity index (χ3n) is 5.24. The zero-order valence-electron chi connectivity index (χ0n) is 8.87. The Balaban J connectivity index is 0.000000750. The van der Waals surface area contributed by atoms with E-state index in [1.54, 1.807) is 0 Å². The number of nitrogens with two attached hydrogens (primary N) is 1. The summed E-state index contributed by atoms with van der Waals surface area (Å²) in [7, 11) is 0. The minimum Gasteiger partial charge on any atom is -0.327 e. The Labute approximate surface area is 93.2 Å². The fraction of sp³-hybridized carbons (Fsp3) is 1.00. The highest BCUT2D eigenvalue weighted by molar-refractivity contribution is 5.85. The monoisotopic (exact) mass is 215 g/mol. The smallest absolute Gasteiger partial charge is 0.0127 e. The number of halogens is 1.